The van der Waals surface area contributed by atoms with Crippen LogP contribution in [0.5, 0.6) is 0 Å². The Hall–Kier alpha value is -1.42. The van der Waals surface area contributed by atoms with Crippen molar-refractivity contribution in [3.05, 3.63) is 30.1 Å². The van der Waals surface area contributed by atoms with E-state index in [9.17, 15) is 4.79 Å². The first-order valence-corrected chi connectivity index (χ1v) is 7.76. The van der Waals surface area contributed by atoms with E-state index in [2.05, 4.69) is 15.2 Å². The molecule has 2 heterocycles. The predicted octanol–water partition coefficient (Wildman–Crippen LogP) is 2.13. The number of amides is 1. The molecule has 2 fully saturated rings. The lowest BCUT2D eigenvalue weighted by Crippen LogP contribution is -2.50. The van der Waals surface area contributed by atoms with Crippen LogP contribution in [0.3, 0.4) is 0 Å². The lowest BCUT2D eigenvalue weighted by atomic mass is 9.88. The van der Waals surface area contributed by atoms with Gasteiger partial charge in [-0.1, -0.05) is 19.3 Å². The monoisotopic (exact) mass is 273 g/mol. The SMILES string of the molecule is O=C(C1CCCCC1)N1CCN[C@H](c2ccncc2)C1. The summed E-state index contributed by atoms with van der Waals surface area (Å²) in [4.78, 5) is 18.7. The number of aromatic nitrogens is 1. The second-order valence-electron chi connectivity index (χ2n) is 5.91. The van der Waals surface area contributed by atoms with Crippen LogP contribution in [0.1, 0.15) is 43.7 Å². The quantitative estimate of drug-likeness (QED) is 0.898. The average molecular weight is 273 g/mol. The molecule has 108 valence electrons. The number of hydrogen-bond donors (Lipinski definition) is 1. The third kappa shape index (κ3) is 3.01. The standard InChI is InChI=1S/C16H23N3O/c20-16(14-4-2-1-3-5-14)19-11-10-18-15(12-19)13-6-8-17-9-7-13/h6-9,14-15,18H,1-5,10-12H2/t15-/m0/s1. The van der Waals surface area contributed by atoms with Gasteiger partial charge in [-0.05, 0) is 30.5 Å². The minimum absolute atomic E-state index is 0.249. The van der Waals surface area contributed by atoms with Crippen LogP contribution in [0.2, 0.25) is 0 Å². The van der Waals surface area contributed by atoms with Crippen LogP contribution in [0.25, 0.3) is 0 Å². The topological polar surface area (TPSA) is 45.2 Å². The molecule has 1 amide bonds. The molecule has 1 aliphatic heterocycles. The maximum Gasteiger partial charge on any atom is 0.225 e. The summed E-state index contributed by atoms with van der Waals surface area (Å²) in [5.74, 6) is 0.658. The highest BCUT2D eigenvalue weighted by atomic mass is 16.2. The highest BCUT2D eigenvalue weighted by molar-refractivity contribution is 5.79. The molecule has 1 aliphatic carbocycles. The van der Waals surface area contributed by atoms with E-state index in [4.69, 9.17) is 0 Å². The first-order valence-electron chi connectivity index (χ1n) is 7.76. The molecular weight excluding hydrogens is 250 g/mol. The van der Waals surface area contributed by atoms with E-state index < -0.39 is 0 Å². The number of carbonyl (C=O) groups is 1. The molecule has 1 aromatic rings. The van der Waals surface area contributed by atoms with Crippen molar-refractivity contribution in [1.29, 1.82) is 0 Å². The second-order valence-corrected chi connectivity index (χ2v) is 5.91. The molecule has 20 heavy (non-hydrogen) atoms. The molecule has 0 radical (unpaired) electrons. The van der Waals surface area contributed by atoms with Crippen LogP contribution in [-0.2, 0) is 4.79 Å². The molecule has 0 spiro atoms. The van der Waals surface area contributed by atoms with Crippen molar-refractivity contribution >= 4 is 5.91 Å². The van der Waals surface area contributed by atoms with E-state index >= 15 is 0 Å². The number of nitrogens with one attached hydrogen (secondary N) is 1. The molecular formula is C16H23N3O. The van der Waals surface area contributed by atoms with E-state index in [1.54, 1.807) is 0 Å². The number of nitrogens with zero attached hydrogens (tertiary/aromatic N) is 2. The van der Waals surface area contributed by atoms with Gasteiger partial charge in [-0.15, -0.1) is 0 Å². The minimum Gasteiger partial charge on any atom is -0.339 e. The van der Waals surface area contributed by atoms with Crippen LogP contribution in [0.4, 0.5) is 0 Å². The largest absolute Gasteiger partial charge is 0.339 e. The predicted molar refractivity (Wildman–Crippen MR) is 78.1 cm³/mol. The summed E-state index contributed by atoms with van der Waals surface area (Å²) >= 11 is 0. The smallest absolute Gasteiger partial charge is 0.225 e. The number of rotatable bonds is 2. The van der Waals surface area contributed by atoms with Gasteiger partial charge in [0.15, 0.2) is 0 Å². The first-order chi connectivity index (χ1) is 9.84. The van der Waals surface area contributed by atoms with Crippen LogP contribution < -0.4 is 5.32 Å². The molecule has 2 aliphatic rings. The normalized spacial score (nSPS) is 24.6. The fourth-order valence-corrected chi connectivity index (χ4v) is 3.38. The maximum atomic E-state index is 12.6. The molecule has 1 atom stereocenters. The Morgan fingerprint density at radius 2 is 1.95 bits per heavy atom. The average Bonchev–Trinajstić information content (AvgIpc) is 2.56. The van der Waals surface area contributed by atoms with Crippen molar-refractivity contribution in [3.63, 3.8) is 0 Å². The van der Waals surface area contributed by atoms with E-state index in [-0.39, 0.29) is 12.0 Å². The van der Waals surface area contributed by atoms with Gasteiger partial charge in [0.2, 0.25) is 5.91 Å². The summed E-state index contributed by atoms with van der Waals surface area (Å²) in [5, 5.41) is 3.50. The molecule has 4 nitrogen and oxygen atoms in total. The van der Waals surface area contributed by atoms with Gasteiger partial charge < -0.3 is 10.2 Å². The molecule has 1 saturated heterocycles. The van der Waals surface area contributed by atoms with E-state index in [1.165, 1.54) is 24.8 Å². The molecule has 4 heteroatoms. The van der Waals surface area contributed by atoms with Gasteiger partial charge in [0, 0.05) is 37.9 Å². The van der Waals surface area contributed by atoms with E-state index in [0.29, 0.717) is 5.91 Å². The van der Waals surface area contributed by atoms with Gasteiger partial charge in [0.25, 0.3) is 0 Å². The zero-order valence-electron chi connectivity index (χ0n) is 11.9. The fraction of sp³-hybridized carbons (Fsp3) is 0.625. The third-order valence-corrected chi connectivity index (χ3v) is 4.55. The van der Waals surface area contributed by atoms with Gasteiger partial charge in [-0.3, -0.25) is 9.78 Å². The van der Waals surface area contributed by atoms with Gasteiger partial charge in [0.1, 0.15) is 0 Å². The summed E-state index contributed by atoms with van der Waals surface area (Å²) in [6, 6.07) is 4.32. The summed E-state index contributed by atoms with van der Waals surface area (Å²) < 4.78 is 0. The molecule has 1 N–H and O–H groups in total. The molecule has 0 aromatic carbocycles. The Morgan fingerprint density at radius 3 is 2.70 bits per heavy atom. The zero-order chi connectivity index (χ0) is 13.8. The van der Waals surface area contributed by atoms with E-state index in [1.807, 2.05) is 24.5 Å². The Labute approximate surface area is 120 Å². The highest BCUT2D eigenvalue weighted by Gasteiger charge is 2.29. The van der Waals surface area contributed by atoms with Crippen molar-refractivity contribution in [3.8, 4) is 0 Å². The molecule has 0 unspecified atom stereocenters. The Balaban J connectivity index is 1.64. The van der Waals surface area contributed by atoms with Crippen molar-refractivity contribution in [2.24, 2.45) is 5.92 Å². The number of piperazine rings is 1. The second kappa shape index (κ2) is 6.35. The number of pyridine rings is 1. The van der Waals surface area contributed by atoms with Crippen LogP contribution in [0.15, 0.2) is 24.5 Å². The maximum absolute atomic E-state index is 12.6. The van der Waals surface area contributed by atoms with Gasteiger partial charge in [-0.25, -0.2) is 0 Å². The van der Waals surface area contributed by atoms with Crippen molar-refractivity contribution in [1.82, 2.24) is 15.2 Å². The minimum atomic E-state index is 0.249. The Bertz CT molecular complexity index is 442. The van der Waals surface area contributed by atoms with Gasteiger partial charge in [-0.2, -0.15) is 0 Å². The summed E-state index contributed by atoms with van der Waals surface area (Å²) in [5.41, 5.74) is 1.22. The lowest BCUT2D eigenvalue weighted by Gasteiger charge is -2.36. The lowest BCUT2D eigenvalue weighted by molar-refractivity contribution is -0.137. The van der Waals surface area contributed by atoms with Crippen molar-refractivity contribution in [2.75, 3.05) is 19.6 Å². The third-order valence-electron chi connectivity index (χ3n) is 4.55. The molecule has 1 saturated carbocycles. The molecule has 1 aromatic heterocycles. The zero-order valence-corrected chi connectivity index (χ0v) is 11.9. The highest BCUT2D eigenvalue weighted by Crippen LogP contribution is 2.27. The Kier molecular flexibility index (Phi) is 4.31. The summed E-state index contributed by atoms with van der Waals surface area (Å²) in [7, 11) is 0. The van der Waals surface area contributed by atoms with Crippen LogP contribution in [-0.4, -0.2) is 35.4 Å². The Morgan fingerprint density at radius 1 is 1.20 bits per heavy atom. The van der Waals surface area contributed by atoms with Gasteiger partial charge >= 0.3 is 0 Å². The summed E-state index contributed by atoms with van der Waals surface area (Å²) in [6.07, 6.45) is 9.54. The summed E-state index contributed by atoms with van der Waals surface area (Å²) in [6.45, 7) is 2.52. The van der Waals surface area contributed by atoms with Gasteiger partial charge in [0.05, 0.1) is 6.04 Å². The molecule has 3 rings (SSSR count). The molecule has 0 bridgehead atoms. The first kappa shape index (κ1) is 13.6. The fourth-order valence-electron chi connectivity index (χ4n) is 3.38. The van der Waals surface area contributed by atoms with Crippen molar-refractivity contribution < 1.29 is 4.79 Å². The van der Waals surface area contributed by atoms with E-state index in [0.717, 1.165) is 32.5 Å². The van der Waals surface area contributed by atoms with Crippen molar-refractivity contribution in [2.45, 2.75) is 38.1 Å². The number of hydrogen-bond acceptors (Lipinski definition) is 3. The number of carbonyl (C=O) groups excluding carboxylic acids is 1. The van der Waals surface area contributed by atoms with Crippen LogP contribution in [0, 0.1) is 5.92 Å². The van der Waals surface area contributed by atoms with Crippen LogP contribution >= 0.6 is 0 Å².